The van der Waals surface area contributed by atoms with Gasteiger partial charge in [-0.1, -0.05) is 54.6 Å². The van der Waals surface area contributed by atoms with E-state index in [-0.39, 0.29) is 31.0 Å². The van der Waals surface area contributed by atoms with Crippen LogP contribution in [0.25, 0.3) is 11.1 Å². The Morgan fingerprint density at radius 3 is 2.00 bits per heavy atom. The molecule has 2 aromatic carbocycles. The molecule has 0 aliphatic heterocycles. The molecule has 1 heteroatoms. The summed E-state index contributed by atoms with van der Waals surface area (Å²) in [5.74, 6) is 0. The van der Waals surface area contributed by atoms with Crippen molar-refractivity contribution < 1.29 is 31.0 Å². The van der Waals surface area contributed by atoms with E-state index in [0.29, 0.717) is 0 Å². The SMILES string of the molecule is Cc1ccccc1-c1ccccc1.[H-].[Na+]. The molecule has 66 valence electrons. The molecule has 0 aliphatic rings. The molecule has 0 nitrogen and oxygen atoms in total. The van der Waals surface area contributed by atoms with E-state index in [4.69, 9.17) is 0 Å². The molecule has 14 heavy (non-hydrogen) atoms. The zero-order valence-corrected chi connectivity index (χ0v) is 10.7. The van der Waals surface area contributed by atoms with Crippen LogP contribution in [0.5, 0.6) is 0 Å². The summed E-state index contributed by atoms with van der Waals surface area (Å²) in [5, 5.41) is 0. The molecular weight excluding hydrogens is 179 g/mol. The first kappa shape index (κ1) is 11.5. The third-order valence-corrected chi connectivity index (χ3v) is 2.23. The Bertz CT molecular complexity index is 398. The minimum absolute atomic E-state index is 0. The summed E-state index contributed by atoms with van der Waals surface area (Å²) in [6.45, 7) is 2.14. The van der Waals surface area contributed by atoms with Crippen molar-refractivity contribution in [3.63, 3.8) is 0 Å². The fourth-order valence-electron chi connectivity index (χ4n) is 1.51. The molecule has 0 N–H and O–H groups in total. The number of hydrogen-bond donors (Lipinski definition) is 0. The third kappa shape index (κ3) is 2.48. The number of rotatable bonds is 1. The van der Waals surface area contributed by atoms with Gasteiger partial charge < -0.3 is 1.43 Å². The predicted molar refractivity (Wildman–Crippen MR) is 57.7 cm³/mol. The normalized spacial score (nSPS) is 9.21. The molecular formula is C13H13Na. The maximum absolute atomic E-state index is 2.16. The molecule has 0 saturated heterocycles. The topological polar surface area (TPSA) is 0 Å². The van der Waals surface area contributed by atoms with Crippen LogP contribution in [0.3, 0.4) is 0 Å². The summed E-state index contributed by atoms with van der Waals surface area (Å²) < 4.78 is 0. The average Bonchev–Trinajstić information content (AvgIpc) is 2.20. The van der Waals surface area contributed by atoms with Gasteiger partial charge in [0.15, 0.2) is 0 Å². The smallest absolute Gasteiger partial charge is 1.00 e. The fraction of sp³-hybridized carbons (Fsp3) is 0.0769. The molecule has 0 bridgehead atoms. The third-order valence-electron chi connectivity index (χ3n) is 2.23. The fourth-order valence-corrected chi connectivity index (χ4v) is 1.51. The molecule has 0 fully saturated rings. The molecule has 2 aromatic rings. The van der Waals surface area contributed by atoms with Crippen LogP contribution in [0.1, 0.15) is 6.99 Å². The molecule has 0 saturated carbocycles. The molecule has 0 atom stereocenters. The van der Waals surface area contributed by atoms with Crippen molar-refractivity contribution in [1.29, 1.82) is 0 Å². The van der Waals surface area contributed by atoms with Crippen LogP contribution in [-0.4, -0.2) is 0 Å². The van der Waals surface area contributed by atoms with Crippen LogP contribution in [-0.2, 0) is 0 Å². The molecule has 0 radical (unpaired) electrons. The second-order valence-corrected chi connectivity index (χ2v) is 3.18. The van der Waals surface area contributed by atoms with Gasteiger partial charge in [0.1, 0.15) is 0 Å². The van der Waals surface area contributed by atoms with E-state index >= 15 is 0 Å². The largest absolute Gasteiger partial charge is 1.00 e. The van der Waals surface area contributed by atoms with E-state index in [1.807, 2.05) is 6.07 Å². The van der Waals surface area contributed by atoms with Crippen molar-refractivity contribution in [3.05, 3.63) is 60.2 Å². The van der Waals surface area contributed by atoms with Crippen LogP contribution in [0.2, 0.25) is 0 Å². The summed E-state index contributed by atoms with van der Waals surface area (Å²) in [7, 11) is 0. The molecule has 0 amide bonds. The molecule has 0 heterocycles. The number of aryl methyl sites for hydroxylation is 1. The van der Waals surface area contributed by atoms with Gasteiger partial charge in [0, 0.05) is 0 Å². The van der Waals surface area contributed by atoms with Gasteiger partial charge in [-0.2, -0.15) is 0 Å². The molecule has 2 rings (SSSR count). The van der Waals surface area contributed by atoms with Crippen LogP contribution >= 0.6 is 0 Å². The summed E-state index contributed by atoms with van der Waals surface area (Å²) in [6.07, 6.45) is 0. The summed E-state index contributed by atoms with van der Waals surface area (Å²) in [6, 6.07) is 18.9. The van der Waals surface area contributed by atoms with Gasteiger partial charge in [-0.25, -0.2) is 0 Å². The zero-order valence-electron chi connectivity index (χ0n) is 9.70. The van der Waals surface area contributed by atoms with Gasteiger partial charge in [0.05, 0.1) is 0 Å². The Morgan fingerprint density at radius 2 is 1.36 bits per heavy atom. The van der Waals surface area contributed by atoms with E-state index in [0.717, 1.165) is 0 Å². The van der Waals surface area contributed by atoms with Crippen LogP contribution in [0.4, 0.5) is 0 Å². The second kappa shape index (κ2) is 5.35. The van der Waals surface area contributed by atoms with Gasteiger partial charge in [-0.3, -0.25) is 0 Å². The maximum atomic E-state index is 2.16. The first-order valence-electron chi connectivity index (χ1n) is 4.49. The first-order valence-corrected chi connectivity index (χ1v) is 4.49. The van der Waals surface area contributed by atoms with Crippen LogP contribution in [0.15, 0.2) is 54.6 Å². The molecule has 0 aliphatic carbocycles. The Balaban J connectivity index is 0.000000980. The van der Waals surface area contributed by atoms with Gasteiger partial charge >= 0.3 is 29.6 Å². The molecule has 0 aromatic heterocycles. The molecule has 0 spiro atoms. The number of hydrogen-bond acceptors (Lipinski definition) is 0. The van der Waals surface area contributed by atoms with Gasteiger partial charge in [0.25, 0.3) is 0 Å². The summed E-state index contributed by atoms with van der Waals surface area (Å²) >= 11 is 0. The minimum Gasteiger partial charge on any atom is -1.00 e. The van der Waals surface area contributed by atoms with Gasteiger partial charge in [0.2, 0.25) is 0 Å². The Kier molecular flexibility index (Phi) is 4.40. The quantitative estimate of drug-likeness (QED) is 0.586. The van der Waals surface area contributed by atoms with Crippen molar-refractivity contribution in [2.45, 2.75) is 6.92 Å². The van der Waals surface area contributed by atoms with Crippen LogP contribution in [0, 0.1) is 6.92 Å². The van der Waals surface area contributed by atoms with E-state index in [1.165, 1.54) is 16.7 Å². The predicted octanol–water partition coefficient (Wildman–Crippen LogP) is 0.779. The van der Waals surface area contributed by atoms with E-state index in [2.05, 4.69) is 55.5 Å². The summed E-state index contributed by atoms with van der Waals surface area (Å²) in [5.41, 5.74) is 3.94. The number of benzene rings is 2. The van der Waals surface area contributed by atoms with E-state index in [9.17, 15) is 0 Å². The maximum Gasteiger partial charge on any atom is 1.00 e. The standard InChI is InChI=1S/C13H12.Na.H/c1-11-7-5-6-10-13(11)12-8-3-2-4-9-12;;/h2-10H,1H3;;/q;+1;-1. The zero-order chi connectivity index (χ0) is 9.10. The Morgan fingerprint density at radius 1 is 0.786 bits per heavy atom. The minimum atomic E-state index is 0. The van der Waals surface area contributed by atoms with E-state index < -0.39 is 0 Å². The van der Waals surface area contributed by atoms with Crippen LogP contribution < -0.4 is 29.6 Å². The monoisotopic (exact) mass is 192 g/mol. The van der Waals surface area contributed by atoms with Crippen molar-refractivity contribution in [1.82, 2.24) is 0 Å². The van der Waals surface area contributed by atoms with Crippen molar-refractivity contribution >= 4 is 0 Å². The summed E-state index contributed by atoms with van der Waals surface area (Å²) in [4.78, 5) is 0. The Labute approximate surface area is 109 Å². The Hall–Kier alpha value is -0.560. The van der Waals surface area contributed by atoms with Crippen molar-refractivity contribution in [2.75, 3.05) is 0 Å². The molecule has 0 unspecified atom stereocenters. The van der Waals surface area contributed by atoms with E-state index in [1.54, 1.807) is 0 Å². The van der Waals surface area contributed by atoms with Gasteiger partial charge in [-0.05, 0) is 23.6 Å². The first-order chi connectivity index (χ1) is 6.38. The van der Waals surface area contributed by atoms with Gasteiger partial charge in [-0.15, -0.1) is 0 Å². The van der Waals surface area contributed by atoms with Crippen molar-refractivity contribution in [2.24, 2.45) is 0 Å². The average molecular weight is 192 g/mol. The second-order valence-electron chi connectivity index (χ2n) is 3.18. The van der Waals surface area contributed by atoms with Crippen molar-refractivity contribution in [3.8, 4) is 11.1 Å².